The molecular formula is C19H21N5O2. The molecule has 4 rings (SSSR count). The third-order valence-electron chi connectivity index (χ3n) is 4.68. The second kappa shape index (κ2) is 7.23. The van der Waals surface area contributed by atoms with E-state index in [-0.39, 0.29) is 5.91 Å². The van der Waals surface area contributed by atoms with E-state index in [0.29, 0.717) is 34.9 Å². The van der Waals surface area contributed by atoms with E-state index in [1.807, 2.05) is 24.3 Å². The number of rotatable bonds is 4. The Morgan fingerprint density at radius 3 is 2.96 bits per heavy atom. The van der Waals surface area contributed by atoms with Crippen LogP contribution in [0.25, 0.3) is 11.2 Å². The molecule has 4 N–H and O–H groups in total. The molecule has 1 amide bonds. The first-order valence-corrected chi connectivity index (χ1v) is 8.77. The van der Waals surface area contributed by atoms with Crippen molar-refractivity contribution in [1.82, 2.24) is 15.0 Å². The lowest BCUT2D eigenvalue weighted by Crippen LogP contribution is -2.15. The number of pyridine rings is 1. The van der Waals surface area contributed by atoms with Crippen LogP contribution in [0.15, 0.2) is 36.5 Å². The molecule has 7 nitrogen and oxygen atoms in total. The standard InChI is InChI=1S/C19H21N5O2/c20-11-12-2-1-3-14(10-12)22-19(25)15-4-7-21-18-16(15)23-17(24-18)13-5-8-26-9-6-13/h1-4,7,10,13H,5-6,8-9,11,20H2,(H,22,25)(H,21,23,24). The van der Waals surface area contributed by atoms with Crippen LogP contribution in [0, 0.1) is 0 Å². The van der Waals surface area contributed by atoms with Crippen LogP contribution in [-0.4, -0.2) is 34.1 Å². The highest BCUT2D eigenvalue weighted by atomic mass is 16.5. The third kappa shape index (κ3) is 3.31. The zero-order chi connectivity index (χ0) is 17.9. The van der Waals surface area contributed by atoms with Gasteiger partial charge in [-0.05, 0) is 36.6 Å². The van der Waals surface area contributed by atoms with Gasteiger partial charge in [-0.15, -0.1) is 0 Å². The average Bonchev–Trinajstić information content (AvgIpc) is 3.13. The fraction of sp³-hybridized carbons (Fsp3) is 0.316. The summed E-state index contributed by atoms with van der Waals surface area (Å²) in [4.78, 5) is 25.0. The molecule has 0 spiro atoms. The Bertz CT molecular complexity index is 931. The van der Waals surface area contributed by atoms with Crippen molar-refractivity contribution >= 4 is 22.8 Å². The Balaban J connectivity index is 1.62. The predicted octanol–water partition coefficient (Wildman–Crippen LogP) is 2.56. The number of anilines is 1. The topological polar surface area (TPSA) is 106 Å². The summed E-state index contributed by atoms with van der Waals surface area (Å²) >= 11 is 0. The number of benzene rings is 1. The summed E-state index contributed by atoms with van der Waals surface area (Å²) < 4.78 is 5.41. The number of nitrogens with two attached hydrogens (primary N) is 1. The van der Waals surface area contributed by atoms with Gasteiger partial charge in [-0.3, -0.25) is 4.79 Å². The van der Waals surface area contributed by atoms with E-state index in [2.05, 4.69) is 20.3 Å². The molecule has 1 aliphatic heterocycles. The van der Waals surface area contributed by atoms with Gasteiger partial charge in [0, 0.05) is 37.6 Å². The molecule has 1 aliphatic rings. The number of carbonyl (C=O) groups excluding carboxylic acids is 1. The number of fused-ring (bicyclic) bond motifs is 1. The number of aromatic nitrogens is 3. The lowest BCUT2D eigenvalue weighted by atomic mass is 10.00. The number of hydrogen-bond acceptors (Lipinski definition) is 5. The van der Waals surface area contributed by atoms with Crippen molar-refractivity contribution in [2.45, 2.75) is 25.3 Å². The fourth-order valence-corrected chi connectivity index (χ4v) is 3.26. The van der Waals surface area contributed by atoms with Crippen LogP contribution < -0.4 is 11.1 Å². The predicted molar refractivity (Wildman–Crippen MR) is 99.0 cm³/mol. The minimum absolute atomic E-state index is 0.200. The van der Waals surface area contributed by atoms with Crippen LogP contribution in [0.4, 0.5) is 5.69 Å². The molecule has 7 heteroatoms. The van der Waals surface area contributed by atoms with Gasteiger partial charge < -0.3 is 20.8 Å². The minimum atomic E-state index is -0.200. The number of ether oxygens (including phenoxy) is 1. The molecule has 1 aromatic carbocycles. The van der Waals surface area contributed by atoms with Gasteiger partial charge in [-0.25, -0.2) is 9.97 Å². The van der Waals surface area contributed by atoms with Crippen LogP contribution in [0.1, 0.15) is 40.5 Å². The van der Waals surface area contributed by atoms with Gasteiger partial charge in [0.15, 0.2) is 5.65 Å². The molecule has 0 aliphatic carbocycles. The Morgan fingerprint density at radius 1 is 1.31 bits per heavy atom. The number of H-pyrrole nitrogens is 1. The van der Waals surface area contributed by atoms with E-state index in [0.717, 1.165) is 37.4 Å². The van der Waals surface area contributed by atoms with E-state index in [4.69, 9.17) is 10.5 Å². The van der Waals surface area contributed by atoms with Gasteiger partial charge in [-0.2, -0.15) is 0 Å². The summed E-state index contributed by atoms with van der Waals surface area (Å²) in [6, 6.07) is 9.22. The second-order valence-corrected chi connectivity index (χ2v) is 6.42. The largest absolute Gasteiger partial charge is 0.381 e. The number of nitrogens with one attached hydrogen (secondary N) is 2. The quantitative estimate of drug-likeness (QED) is 0.670. The molecule has 3 aromatic rings. The van der Waals surface area contributed by atoms with Crippen molar-refractivity contribution in [3.63, 3.8) is 0 Å². The number of imidazole rings is 1. The Morgan fingerprint density at radius 2 is 2.15 bits per heavy atom. The summed E-state index contributed by atoms with van der Waals surface area (Å²) in [5.41, 5.74) is 9.10. The van der Waals surface area contributed by atoms with Gasteiger partial charge in [0.25, 0.3) is 5.91 Å². The third-order valence-corrected chi connectivity index (χ3v) is 4.68. The number of amides is 1. The highest BCUT2D eigenvalue weighted by Crippen LogP contribution is 2.27. The van der Waals surface area contributed by atoms with Crippen LogP contribution in [0.5, 0.6) is 0 Å². The van der Waals surface area contributed by atoms with Gasteiger partial charge >= 0.3 is 0 Å². The van der Waals surface area contributed by atoms with E-state index in [1.165, 1.54) is 0 Å². The number of aromatic amines is 1. The molecule has 0 unspecified atom stereocenters. The van der Waals surface area contributed by atoms with Crippen LogP contribution in [0.2, 0.25) is 0 Å². The lowest BCUT2D eigenvalue weighted by Gasteiger charge is -2.19. The first-order chi connectivity index (χ1) is 12.7. The van der Waals surface area contributed by atoms with Crippen molar-refractivity contribution in [2.75, 3.05) is 18.5 Å². The summed E-state index contributed by atoms with van der Waals surface area (Å²) in [5.74, 6) is 0.991. The summed E-state index contributed by atoms with van der Waals surface area (Å²) in [6.07, 6.45) is 3.46. The minimum Gasteiger partial charge on any atom is -0.381 e. The second-order valence-electron chi connectivity index (χ2n) is 6.42. The van der Waals surface area contributed by atoms with Gasteiger partial charge in [0.1, 0.15) is 5.82 Å². The SMILES string of the molecule is NCc1cccc(NC(=O)c2ccnc3nc(C4CCOCC4)[nH]c23)c1. The van der Waals surface area contributed by atoms with Crippen LogP contribution >= 0.6 is 0 Å². The first kappa shape index (κ1) is 16.7. The summed E-state index contributed by atoms with van der Waals surface area (Å²) in [6.45, 7) is 1.90. The van der Waals surface area contributed by atoms with E-state index in [1.54, 1.807) is 12.3 Å². The molecular weight excluding hydrogens is 330 g/mol. The van der Waals surface area contributed by atoms with E-state index >= 15 is 0 Å². The van der Waals surface area contributed by atoms with Gasteiger partial charge in [0.2, 0.25) is 0 Å². The van der Waals surface area contributed by atoms with E-state index < -0.39 is 0 Å². The molecule has 0 atom stereocenters. The maximum atomic E-state index is 12.8. The number of hydrogen-bond donors (Lipinski definition) is 3. The molecule has 1 fully saturated rings. The average molecular weight is 351 g/mol. The molecule has 2 aromatic heterocycles. The smallest absolute Gasteiger partial charge is 0.257 e. The zero-order valence-corrected chi connectivity index (χ0v) is 14.4. The Hall–Kier alpha value is -2.77. The molecule has 1 saturated heterocycles. The van der Waals surface area contributed by atoms with Crippen molar-refractivity contribution in [3.8, 4) is 0 Å². The fourth-order valence-electron chi connectivity index (χ4n) is 3.26. The lowest BCUT2D eigenvalue weighted by molar-refractivity contribution is 0.0838. The van der Waals surface area contributed by atoms with E-state index in [9.17, 15) is 4.79 Å². The van der Waals surface area contributed by atoms with Crippen LogP contribution in [0.3, 0.4) is 0 Å². The molecule has 26 heavy (non-hydrogen) atoms. The maximum Gasteiger partial charge on any atom is 0.257 e. The Kier molecular flexibility index (Phi) is 4.64. The first-order valence-electron chi connectivity index (χ1n) is 8.77. The maximum absolute atomic E-state index is 12.8. The van der Waals surface area contributed by atoms with Crippen molar-refractivity contribution in [1.29, 1.82) is 0 Å². The highest BCUT2D eigenvalue weighted by Gasteiger charge is 2.21. The Labute approximate surface area is 151 Å². The molecule has 0 radical (unpaired) electrons. The summed E-state index contributed by atoms with van der Waals surface area (Å²) in [5, 5.41) is 2.92. The van der Waals surface area contributed by atoms with Gasteiger partial charge in [0.05, 0.1) is 11.1 Å². The van der Waals surface area contributed by atoms with Crippen molar-refractivity contribution in [3.05, 3.63) is 53.5 Å². The van der Waals surface area contributed by atoms with Crippen LogP contribution in [-0.2, 0) is 11.3 Å². The summed E-state index contributed by atoms with van der Waals surface area (Å²) in [7, 11) is 0. The number of nitrogens with zero attached hydrogens (tertiary/aromatic N) is 2. The monoisotopic (exact) mass is 351 g/mol. The molecule has 134 valence electrons. The molecule has 3 heterocycles. The number of carbonyl (C=O) groups is 1. The van der Waals surface area contributed by atoms with Gasteiger partial charge in [-0.1, -0.05) is 12.1 Å². The molecule has 0 bridgehead atoms. The highest BCUT2D eigenvalue weighted by molar-refractivity contribution is 6.10. The molecule has 0 saturated carbocycles. The zero-order valence-electron chi connectivity index (χ0n) is 14.4. The van der Waals surface area contributed by atoms with Crippen molar-refractivity contribution in [2.24, 2.45) is 5.73 Å². The normalized spacial score (nSPS) is 15.3. The van der Waals surface area contributed by atoms with Crippen molar-refractivity contribution < 1.29 is 9.53 Å².